The highest BCUT2D eigenvalue weighted by molar-refractivity contribution is 5.94. The van der Waals surface area contributed by atoms with Crippen LogP contribution in [0.25, 0.3) is 38.8 Å². The van der Waals surface area contributed by atoms with E-state index >= 15 is 4.79 Å². The monoisotopic (exact) mass is 1140 g/mol. The highest BCUT2D eigenvalue weighted by Gasteiger charge is 2.65. The Hall–Kier alpha value is -7.81. The van der Waals surface area contributed by atoms with E-state index in [4.69, 9.17) is 14.2 Å². The molecule has 1 spiro atoms. The van der Waals surface area contributed by atoms with Crippen LogP contribution in [0.2, 0.25) is 0 Å². The molecule has 438 valence electrons. The average Bonchev–Trinajstić information content (AvgIpc) is 1.93. The number of benzene rings is 4. The van der Waals surface area contributed by atoms with Crippen molar-refractivity contribution in [1.29, 1.82) is 0 Å². The third kappa shape index (κ3) is 10.8. The second kappa shape index (κ2) is 23.3. The van der Waals surface area contributed by atoms with Crippen LogP contribution >= 0.6 is 0 Å². The predicted octanol–water partition coefficient (Wildman–Crippen LogP) is 9.40. The minimum absolute atomic E-state index is 0.0128. The van der Waals surface area contributed by atoms with Gasteiger partial charge in [0.1, 0.15) is 37.0 Å². The van der Waals surface area contributed by atoms with Gasteiger partial charge in [-0.3, -0.25) is 9.59 Å². The molecule has 3 saturated carbocycles. The number of aliphatic hydroxyl groups excluding tert-OH is 3. The molecule has 12 rings (SSSR count). The predicted molar refractivity (Wildman–Crippen MR) is 317 cm³/mol. The molecule has 16 nitrogen and oxygen atoms in total. The second-order valence-corrected chi connectivity index (χ2v) is 24.5. The lowest BCUT2D eigenvalue weighted by Crippen LogP contribution is -2.55. The van der Waals surface area contributed by atoms with Crippen molar-refractivity contribution in [2.75, 3.05) is 26.9 Å². The van der Waals surface area contributed by atoms with Gasteiger partial charge in [0.25, 0.3) is 0 Å². The Morgan fingerprint density at radius 1 is 0.929 bits per heavy atom. The highest BCUT2D eigenvalue weighted by Crippen LogP contribution is 2.69. The van der Waals surface area contributed by atoms with Crippen LogP contribution in [-0.4, -0.2) is 114 Å². The van der Waals surface area contributed by atoms with Crippen LogP contribution in [0.1, 0.15) is 105 Å². The van der Waals surface area contributed by atoms with Crippen LogP contribution in [0.4, 0.5) is 0 Å². The van der Waals surface area contributed by atoms with Crippen LogP contribution in [0.5, 0.6) is 28.7 Å². The fraction of sp³-hybridized carbons (Fsp3) is 0.426. The third-order valence-corrected chi connectivity index (χ3v) is 19.3. The molecule has 3 fully saturated rings. The maximum Gasteiger partial charge on any atom is 0.318 e. The molecular formula is C68H74N4O12. The fourth-order valence-electron chi connectivity index (χ4n) is 16.0. The number of rotatable bonds is 14. The number of hydrogen-bond donors (Lipinski definition) is 9. The molecule has 3 aromatic heterocycles. The number of fused-ring (bicyclic) bond motifs is 10. The van der Waals surface area contributed by atoms with Gasteiger partial charge in [-0.1, -0.05) is 54.3 Å². The van der Waals surface area contributed by atoms with E-state index in [1.54, 1.807) is 37.3 Å². The van der Waals surface area contributed by atoms with Crippen molar-refractivity contribution in [1.82, 2.24) is 19.9 Å². The molecule has 0 amide bonds. The molecule has 0 saturated heterocycles. The lowest BCUT2D eigenvalue weighted by Gasteiger charge is -2.58. The van der Waals surface area contributed by atoms with E-state index in [0.29, 0.717) is 51.5 Å². The van der Waals surface area contributed by atoms with Gasteiger partial charge in [0.2, 0.25) is 0 Å². The number of ether oxygens (including phenoxy) is 3. The SMILES string of the molecule is COc1cc2c(cc1O)C1=CC3CC4(CC(Cn5c(-c6cccc(O)c6)cc6[nH]ccc65)(NCC(C)O)CC4C=O)C4CC(O)CCC4C3C2CC(=O)CC(CCc2ccc(O)c(OCCO)c2)OC(=O)CC#CCc2c1[nH]c1ccccc21. The van der Waals surface area contributed by atoms with E-state index < -0.39 is 47.1 Å². The maximum atomic E-state index is 15.5. The van der Waals surface area contributed by atoms with Gasteiger partial charge < -0.3 is 69.5 Å². The normalized spacial score (nSPS) is 27.2. The summed E-state index contributed by atoms with van der Waals surface area (Å²) in [6.45, 7) is 2.19. The van der Waals surface area contributed by atoms with Gasteiger partial charge in [-0.15, -0.1) is 0 Å². The Morgan fingerprint density at radius 2 is 1.77 bits per heavy atom. The molecule has 4 aromatic carbocycles. The maximum absolute atomic E-state index is 15.5. The Balaban J connectivity index is 1.02. The van der Waals surface area contributed by atoms with E-state index in [9.17, 15) is 40.2 Å². The number of cyclic esters (lactones) is 1. The molecule has 0 radical (unpaired) electrons. The summed E-state index contributed by atoms with van der Waals surface area (Å²) in [6, 6.07) is 27.9. The summed E-state index contributed by atoms with van der Waals surface area (Å²) < 4.78 is 20.0. The number of ketones is 1. The molecule has 16 heteroatoms. The van der Waals surface area contributed by atoms with Gasteiger partial charge in [0.05, 0.1) is 48.3 Å². The molecule has 2 bridgehead atoms. The number of Topliss-reactive ketones (excluding diaryl/α,β-unsaturated/α-hetero) is 1. The molecule has 9 N–H and O–H groups in total. The molecular weight excluding hydrogens is 1060 g/mol. The number of allylic oxidation sites excluding steroid dienone is 1. The average molecular weight is 1140 g/mol. The van der Waals surface area contributed by atoms with E-state index in [2.05, 4.69) is 43.8 Å². The topological polar surface area (TPSA) is 249 Å². The summed E-state index contributed by atoms with van der Waals surface area (Å²) >= 11 is 0. The number of methoxy groups -OCH3 is 1. The smallest absolute Gasteiger partial charge is 0.318 e. The van der Waals surface area contributed by atoms with Crippen LogP contribution in [0.15, 0.2) is 103 Å². The molecule has 84 heavy (non-hydrogen) atoms. The van der Waals surface area contributed by atoms with Crippen molar-refractivity contribution in [3.05, 3.63) is 131 Å². The lowest BCUT2D eigenvalue weighted by atomic mass is 9.46. The number of carbonyl (C=O) groups excluding carboxylic acids is 3. The molecule has 4 aliphatic carbocycles. The number of phenolic OH excluding ortho intramolecular Hbond substituents is 3. The number of β-amino-alcohol motifs (C(OH)–C–C–N with tert-alkyl or cyclic N) is 1. The number of aldehydes is 1. The molecule has 7 aromatic rings. The number of aryl methyl sites for hydroxylation is 1. The van der Waals surface area contributed by atoms with Gasteiger partial charge in [0, 0.05) is 72.0 Å². The highest BCUT2D eigenvalue weighted by atomic mass is 16.5. The van der Waals surface area contributed by atoms with E-state index in [1.807, 2.05) is 54.7 Å². The van der Waals surface area contributed by atoms with Crippen molar-refractivity contribution in [2.45, 2.75) is 120 Å². The number of para-hydroxylation sites is 1. The lowest BCUT2D eigenvalue weighted by molar-refractivity contribution is -0.149. The second-order valence-electron chi connectivity index (χ2n) is 24.5. The first-order chi connectivity index (χ1) is 40.7. The number of esters is 1. The number of aliphatic hydroxyl groups is 3. The summed E-state index contributed by atoms with van der Waals surface area (Å²) in [7, 11) is 1.52. The van der Waals surface area contributed by atoms with Crippen molar-refractivity contribution >= 4 is 45.5 Å². The zero-order chi connectivity index (χ0) is 58.4. The number of nitrogens with one attached hydrogen (secondary N) is 3. The summed E-state index contributed by atoms with van der Waals surface area (Å²) in [6.07, 6.45) is 6.92. The number of aromatic hydroxyl groups is 3. The standard InChI is InChI=1S/C68H74N4O12/c1-39(75)35-70-67(38-72-58-20-21-69-57(58)32-59(72)41-8-7-9-44(76)25-41)34-43(36-74)68(37-67)33-42-26-54-51-30-61(80)62(82-2)31-52(51)53(65(42)50-18-16-45(77)29-55(50)68)28-46(78)27-47(17-14-40-15-19-60(79)63(24-40)83-23-22-73)84-64(81)13-6-4-11-49-48-10-3-5-12-56(48)71-66(49)54/h3,5,7-10,12,15,19-21,24-26,30-32,36,39,42-43,45,47,50,53,55,65,69-71,73,75-77,79-80H,11,13-14,16-18,22-23,27-29,33-35,37-38H2,1-2H3. The van der Waals surface area contributed by atoms with Crippen molar-refractivity contribution in [3.8, 4) is 51.8 Å². The Labute approximate surface area is 487 Å². The van der Waals surface area contributed by atoms with Gasteiger partial charge in [-0.05, 0) is 170 Å². The zero-order valence-electron chi connectivity index (χ0n) is 47.5. The Kier molecular flexibility index (Phi) is 15.7. The van der Waals surface area contributed by atoms with E-state index in [1.165, 1.54) is 13.2 Å². The zero-order valence-corrected chi connectivity index (χ0v) is 47.5. The van der Waals surface area contributed by atoms with E-state index in [0.717, 1.165) is 73.0 Å². The van der Waals surface area contributed by atoms with Crippen molar-refractivity contribution in [2.24, 2.45) is 35.0 Å². The number of hydrogen-bond acceptors (Lipinski definition) is 13. The summed E-state index contributed by atoms with van der Waals surface area (Å²) in [5.74, 6) is 4.36. The Morgan fingerprint density at radius 3 is 2.58 bits per heavy atom. The quantitative estimate of drug-likeness (QED) is 0.0280. The summed E-state index contributed by atoms with van der Waals surface area (Å²) in [5.41, 5.74) is 7.82. The number of aromatic amines is 2. The molecule has 1 aliphatic heterocycles. The number of H-pyrrole nitrogens is 2. The van der Waals surface area contributed by atoms with Gasteiger partial charge in [0.15, 0.2) is 23.0 Å². The minimum atomic E-state index is -0.846. The van der Waals surface area contributed by atoms with Gasteiger partial charge in [-0.2, -0.15) is 0 Å². The van der Waals surface area contributed by atoms with Crippen molar-refractivity contribution < 1.29 is 59.2 Å². The molecule has 11 unspecified atom stereocenters. The van der Waals surface area contributed by atoms with Crippen LogP contribution < -0.4 is 14.8 Å². The number of nitrogens with zero attached hydrogens (tertiary/aromatic N) is 1. The van der Waals surface area contributed by atoms with Crippen LogP contribution in [-0.2, 0) is 38.5 Å². The largest absolute Gasteiger partial charge is 0.508 e. The summed E-state index contributed by atoms with van der Waals surface area (Å²) in [4.78, 5) is 50.9. The number of phenols is 3. The molecule has 4 heterocycles. The fourth-order valence-corrected chi connectivity index (χ4v) is 16.0. The molecule has 5 aliphatic rings. The summed E-state index contributed by atoms with van der Waals surface area (Å²) in [5, 5.41) is 70.6. The Bertz CT molecular complexity index is 3730. The van der Waals surface area contributed by atoms with Gasteiger partial charge >= 0.3 is 5.97 Å². The first kappa shape index (κ1) is 56.7. The number of aromatic nitrogens is 3. The third-order valence-electron chi connectivity index (χ3n) is 19.3. The molecule has 11 atom stereocenters. The van der Waals surface area contributed by atoms with Crippen molar-refractivity contribution in [3.63, 3.8) is 0 Å². The van der Waals surface area contributed by atoms with E-state index in [-0.39, 0.29) is 110 Å². The number of carbonyl (C=O) groups is 3. The first-order valence-corrected chi connectivity index (χ1v) is 29.6. The van der Waals surface area contributed by atoms with Crippen LogP contribution in [0.3, 0.4) is 0 Å². The van der Waals surface area contributed by atoms with Crippen LogP contribution in [0, 0.1) is 46.8 Å². The minimum Gasteiger partial charge on any atom is -0.508 e. The first-order valence-electron chi connectivity index (χ1n) is 29.6. The van der Waals surface area contributed by atoms with Gasteiger partial charge in [-0.25, -0.2) is 0 Å².